The predicted octanol–water partition coefficient (Wildman–Crippen LogP) is 2.36. The van der Waals surface area contributed by atoms with Crippen LogP contribution in [0.2, 0.25) is 0 Å². The van der Waals surface area contributed by atoms with Gasteiger partial charge in [0.15, 0.2) is 23.0 Å². The number of nitrogens with zero attached hydrogens (tertiary/aromatic N) is 2. The van der Waals surface area contributed by atoms with Crippen molar-refractivity contribution in [2.45, 2.75) is 0 Å². The molecular weight excluding hydrogens is 336 g/mol. The van der Waals surface area contributed by atoms with Crippen molar-refractivity contribution in [2.24, 2.45) is 0 Å². The van der Waals surface area contributed by atoms with Gasteiger partial charge in [0, 0.05) is 13.1 Å². The molecule has 138 valence electrons. The number of aromatic nitrogens is 2. The van der Waals surface area contributed by atoms with E-state index in [4.69, 9.17) is 9.47 Å². The molecule has 0 atom stereocenters. The Morgan fingerprint density at radius 1 is 0.769 bits per heavy atom. The van der Waals surface area contributed by atoms with E-state index in [9.17, 15) is 9.59 Å². The molecule has 0 amide bonds. The fourth-order valence-electron chi connectivity index (χ4n) is 1.71. The summed E-state index contributed by atoms with van der Waals surface area (Å²) in [7, 11) is 0. The van der Waals surface area contributed by atoms with E-state index in [-0.39, 0.29) is 36.2 Å². The zero-order valence-electron chi connectivity index (χ0n) is 14.5. The van der Waals surface area contributed by atoms with Crippen LogP contribution in [0, 0.1) is 0 Å². The third-order valence-corrected chi connectivity index (χ3v) is 2.77. The summed E-state index contributed by atoms with van der Waals surface area (Å²) in [5.74, 6) is -1.27. The molecule has 0 spiro atoms. The van der Waals surface area contributed by atoms with Crippen molar-refractivity contribution in [3.8, 4) is 0 Å². The van der Waals surface area contributed by atoms with Gasteiger partial charge in [-0.1, -0.05) is 37.5 Å². The fraction of sp³-hybridized carbons (Fsp3) is 0.222. The summed E-state index contributed by atoms with van der Waals surface area (Å²) in [6.45, 7) is 14.8. The van der Waals surface area contributed by atoms with Crippen molar-refractivity contribution in [3.63, 3.8) is 0 Å². The Kier molecular flexibility index (Phi) is 8.88. The van der Waals surface area contributed by atoms with Gasteiger partial charge in [-0.15, -0.1) is 13.2 Å². The lowest BCUT2D eigenvalue weighted by Crippen LogP contribution is -2.20. The Morgan fingerprint density at radius 2 is 1.15 bits per heavy atom. The first-order valence-electron chi connectivity index (χ1n) is 7.76. The molecule has 0 aromatic carbocycles. The molecule has 0 aliphatic heterocycles. The van der Waals surface area contributed by atoms with E-state index in [0.29, 0.717) is 13.1 Å². The Labute approximate surface area is 152 Å². The average molecular weight is 358 g/mol. The summed E-state index contributed by atoms with van der Waals surface area (Å²) in [5.41, 5.74) is -0.166. The van der Waals surface area contributed by atoms with Gasteiger partial charge >= 0.3 is 11.9 Å². The highest BCUT2D eigenvalue weighted by atomic mass is 16.5. The lowest BCUT2D eigenvalue weighted by molar-refractivity contribution is 0.0526. The number of nitrogens with one attached hydrogen (secondary N) is 2. The maximum absolute atomic E-state index is 12.3. The van der Waals surface area contributed by atoms with Crippen molar-refractivity contribution in [1.29, 1.82) is 0 Å². The average Bonchev–Trinajstić information content (AvgIpc) is 2.66. The first-order valence-corrected chi connectivity index (χ1v) is 7.76. The monoisotopic (exact) mass is 358 g/mol. The van der Waals surface area contributed by atoms with E-state index in [1.165, 1.54) is 12.2 Å². The molecule has 0 bridgehead atoms. The number of carbonyl (C=O) groups is 2. The molecule has 0 aliphatic carbocycles. The standard InChI is InChI=1S/C18H22N4O4/c1-5-9-19-15-13(17(23)25-11-7-3)22-16(20-10-6-2)14(21-15)18(24)26-12-8-4/h5-8H,1-4,9-12H2,(H,19,21)(H,20,22). The van der Waals surface area contributed by atoms with Crippen LogP contribution in [0.3, 0.4) is 0 Å². The van der Waals surface area contributed by atoms with Crippen LogP contribution in [0.15, 0.2) is 50.6 Å². The Morgan fingerprint density at radius 3 is 1.46 bits per heavy atom. The van der Waals surface area contributed by atoms with Crippen LogP contribution in [0.5, 0.6) is 0 Å². The summed E-state index contributed by atoms with van der Waals surface area (Å²) in [5, 5.41) is 5.72. The summed E-state index contributed by atoms with van der Waals surface area (Å²) in [6.07, 6.45) is 6.00. The van der Waals surface area contributed by atoms with Crippen LogP contribution in [0.4, 0.5) is 11.6 Å². The van der Waals surface area contributed by atoms with E-state index in [2.05, 4.69) is 46.9 Å². The lowest BCUT2D eigenvalue weighted by Gasteiger charge is -2.14. The molecule has 26 heavy (non-hydrogen) atoms. The molecule has 1 aromatic heterocycles. The van der Waals surface area contributed by atoms with Crippen molar-refractivity contribution in [3.05, 3.63) is 62.0 Å². The number of rotatable bonds is 12. The van der Waals surface area contributed by atoms with Gasteiger partial charge < -0.3 is 20.1 Å². The Balaban J connectivity index is 3.37. The smallest absolute Gasteiger partial charge is 0.361 e. The minimum Gasteiger partial charge on any atom is -0.457 e. The maximum Gasteiger partial charge on any atom is 0.361 e. The largest absolute Gasteiger partial charge is 0.457 e. The highest BCUT2D eigenvalue weighted by molar-refractivity contribution is 5.97. The van der Waals surface area contributed by atoms with E-state index in [1.807, 2.05) is 0 Å². The second-order valence-electron chi connectivity index (χ2n) is 4.73. The zero-order chi connectivity index (χ0) is 19.4. The Bertz CT molecular complexity index is 641. The highest BCUT2D eigenvalue weighted by Gasteiger charge is 2.24. The molecule has 1 aromatic rings. The van der Waals surface area contributed by atoms with Crippen molar-refractivity contribution >= 4 is 23.6 Å². The number of hydrogen-bond acceptors (Lipinski definition) is 8. The maximum atomic E-state index is 12.3. The topological polar surface area (TPSA) is 102 Å². The third-order valence-electron chi connectivity index (χ3n) is 2.77. The first kappa shape index (κ1) is 20.6. The summed E-state index contributed by atoms with van der Waals surface area (Å²) in [4.78, 5) is 32.9. The van der Waals surface area contributed by atoms with E-state index in [0.717, 1.165) is 0 Å². The molecule has 8 nitrogen and oxygen atoms in total. The highest BCUT2D eigenvalue weighted by Crippen LogP contribution is 2.20. The third kappa shape index (κ3) is 5.90. The molecule has 8 heteroatoms. The molecule has 1 rings (SSSR count). The van der Waals surface area contributed by atoms with Gasteiger partial charge in [-0.25, -0.2) is 19.6 Å². The van der Waals surface area contributed by atoms with Crippen LogP contribution in [-0.2, 0) is 9.47 Å². The van der Waals surface area contributed by atoms with Gasteiger partial charge in [-0.3, -0.25) is 0 Å². The molecule has 0 fully saturated rings. The van der Waals surface area contributed by atoms with Gasteiger partial charge in [0.25, 0.3) is 0 Å². The fourth-order valence-corrected chi connectivity index (χ4v) is 1.71. The van der Waals surface area contributed by atoms with Crippen LogP contribution in [0.25, 0.3) is 0 Å². The minimum atomic E-state index is -0.711. The van der Waals surface area contributed by atoms with Crippen LogP contribution >= 0.6 is 0 Å². The number of anilines is 2. The Hall–Kier alpha value is -3.42. The van der Waals surface area contributed by atoms with Crippen LogP contribution in [-0.4, -0.2) is 48.2 Å². The van der Waals surface area contributed by atoms with Crippen molar-refractivity contribution in [2.75, 3.05) is 36.9 Å². The molecule has 0 saturated carbocycles. The molecule has 1 heterocycles. The van der Waals surface area contributed by atoms with Crippen LogP contribution in [0.1, 0.15) is 21.0 Å². The first-order chi connectivity index (χ1) is 12.6. The lowest BCUT2D eigenvalue weighted by atomic mass is 10.3. The van der Waals surface area contributed by atoms with E-state index >= 15 is 0 Å². The molecule has 2 N–H and O–H groups in total. The number of carbonyl (C=O) groups excluding carboxylic acids is 2. The van der Waals surface area contributed by atoms with Gasteiger partial charge in [-0.2, -0.15) is 0 Å². The molecule has 0 radical (unpaired) electrons. The molecule has 0 unspecified atom stereocenters. The summed E-state index contributed by atoms with van der Waals surface area (Å²) >= 11 is 0. The van der Waals surface area contributed by atoms with E-state index < -0.39 is 11.9 Å². The predicted molar refractivity (Wildman–Crippen MR) is 100 cm³/mol. The minimum absolute atomic E-state index is 0.0138. The van der Waals surface area contributed by atoms with Gasteiger partial charge in [0.05, 0.1) is 0 Å². The van der Waals surface area contributed by atoms with Gasteiger partial charge in [0.2, 0.25) is 0 Å². The second-order valence-corrected chi connectivity index (χ2v) is 4.73. The summed E-state index contributed by atoms with van der Waals surface area (Å²) < 4.78 is 10.0. The van der Waals surface area contributed by atoms with Crippen LogP contribution < -0.4 is 10.6 Å². The molecular formula is C18H22N4O4. The quantitative estimate of drug-likeness (QED) is 0.434. The number of esters is 2. The molecule has 0 saturated heterocycles. The second kappa shape index (κ2) is 11.2. The van der Waals surface area contributed by atoms with Gasteiger partial charge in [0.1, 0.15) is 13.2 Å². The zero-order valence-corrected chi connectivity index (χ0v) is 14.5. The molecule has 0 aliphatic rings. The summed E-state index contributed by atoms with van der Waals surface area (Å²) in [6, 6.07) is 0. The normalized spacial score (nSPS) is 9.54. The number of ether oxygens (including phenoxy) is 2. The number of hydrogen-bond donors (Lipinski definition) is 2. The van der Waals surface area contributed by atoms with Gasteiger partial charge in [-0.05, 0) is 0 Å². The van der Waals surface area contributed by atoms with Crippen molar-refractivity contribution in [1.82, 2.24) is 9.97 Å². The SMILES string of the molecule is C=CCNc1nc(C(=O)OCC=C)c(NCC=C)nc1C(=O)OCC=C. The van der Waals surface area contributed by atoms with Crippen molar-refractivity contribution < 1.29 is 19.1 Å². The van der Waals surface area contributed by atoms with E-state index in [1.54, 1.807) is 12.2 Å².